The second-order valence-corrected chi connectivity index (χ2v) is 6.28. The predicted octanol–water partition coefficient (Wildman–Crippen LogP) is 3.03. The lowest BCUT2D eigenvalue weighted by atomic mass is 9.90. The maximum atomic E-state index is 12.8. The predicted molar refractivity (Wildman–Crippen MR) is 80.3 cm³/mol. The zero-order chi connectivity index (χ0) is 15.0. The molecule has 1 aromatic rings. The van der Waals surface area contributed by atoms with Crippen molar-refractivity contribution in [3.8, 4) is 0 Å². The first-order chi connectivity index (χ1) is 10.1. The number of para-hydroxylation sites is 1. The van der Waals surface area contributed by atoms with Crippen LogP contribution in [0.3, 0.4) is 0 Å². The number of benzene rings is 1. The van der Waals surface area contributed by atoms with Crippen molar-refractivity contribution >= 4 is 17.6 Å². The Kier molecular flexibility index (Phi) is 3.70. The summed E-state index contributed by atoms with van der Waals surface area (Å²) in [6.45, 7) is 2.93. The molecular weight excluding hydrogens is 266 g/mol. The van der Waals surface area contributed by atoms with E-state index in [1.807, 2.05) is 23.1 Å². The summed E-state index contributed by atoms with van der Waals surface area (Å²) in [6.07, 6.45) is 2.78. The molecule has 1 amide bonds. The minimum Gasteiger partial charge on any atom is -0.481 e. The van der Waals surface area contributed by atoms with Crippen LogP contribution in [-0.2, 0) is 9.59 Å². The summed E-state index contributed by atoms with van der Waals surface area (Å²) in [7, 11) is 0. The summed E-state index contributed by atoms with van der Waals surface area (Å²) >= 11 is 0. The minimum atomic E-state index is -0.766. The molecular formula is C17H21NO3. The summed E-state index contributed by atoms with van der Waals surface area (Å²) in [5, 5.41) is 9.09. The first-order valence-corrected chi connectivity index (χ1v) is 7.71. The van der Waals surface area contributed by atoms with Gasteiger partial charge in [0.2, 0.25) is 5.91 Å². The normalized spacial score (nSPS) is 28.2. The van der Waals surface area contributed by atoms with E-state index in [9.17, 15) is 9.59 Å². The minimum absolute atomic E-state index is 0.109. The van der Waals surface area contributed by atoms with E-state index >= 15 is 0 Å². The summed E-state index contributed by atoms with van der Waals surface area (Å²) in [6, 6.07) is 8.08. The molecule has 3 atom stereocenters. The zero-order valence-electron chi connectivity index (χ0n) is 12.3. The number of carboxylic acids is 1. The lowest BCUT2D eigenvalue weighted by molar-refractivity contribution is -0.141. The van der Waals surface area contributed by atoms with E-state index in [4.69, 9.17) is 5.11 Å². The summed E-state index contributed by atoms with van der Waals surface area (Å²) in [5.74, 6) is -0.665. The Hall–Kier alpha value is -1.84. The number of hydrogen-bond donors (Lipinski definition) is 1. The van der Waals surface area contributed by atoms with Crippen molar-refractivity contribution in [2.45, 2.75) is 38.5 Å². The highest BCUT2D eigenvalue weighted by Gasteiger charge is 2.37. The average molecular weight is 287 g/mol. The van der Waals surface area contributed by atoms with E-state index in [-0.39, 0.29) is 17.7 Å². The van der Waals surface area contributed by atoms with Crippen LogP contribution in [-0.4, -0.2) is 23.5 Å². The molecule has 1 saturated carbocycles. The lowest BCUT2D eigenvalue weighted by Crippen LogP contribution is -2.39. The van der Waals surface area contributed by atoms with Gasteiger partial charge in [-0.2, -0.15) is 0 Å². The zero-order valence-corrected chi connectivity index (χ0v) is 12.3. The van der Waals surface area contributed by atoms with E-state index < -0.39 is 5.97 Å². The van der Waals surface area contributed by atoms with Gasteiger partial charge in [-0.3, -0.25) is 9.59 Å². The van der Waals surface area contributed by atoms with Crippen molar-refractivity contribution in [1.29, 1.82) is 0 Å². The Balaban J connectivity index is 1.80. The van der Waals surface area contributed by atoms with Crippen LogP contribution in [0.5, 0.6) is 0 Å². The average Bonchev–Trinajstić information content (AvgIpc) is 2.97. The molecule has 0 saturated heterocycles. The van der Waals surface area contributed by atoms with Crippen LogP contribution in [0.4, 0.5) is 5.69 Å². The molecule has 4 heteroatoms. The lowest BCUT2D eigenvalue weighted by Gasteiger charge is -2.34. The molecule has 1 aromatic carbocycles. The van der Waals surface area contributed by atoms with Gasteiger partial charge >= 0.3 is 5.97 Å². The van der Waals surface area contributed by atoms with E-state index in [0.717, 1.165) is 18.7 Å². The molecule has 0 radical (unpaired) electrons. The topological polar surface area (TPSA) is 57.6 Å². The van der Waals surface area contributed by atoms with E-state index in [1.165, 1.54) is 5.56 Å². The third-order valence-electron chi connectivity index (χ3n) is 4.94. The van der Waals surface area contributed by atoms with Crippen LogP contribution in [0.15, 0.2) is 24.3 Å². The van der Waals surface area contributed by atoms with E-state index in [0.29, 0.717) is 25.2 Å². The molecule has 1 heterocycles. The fourth-order valence-corrected chi connectivity index (χ4v) is 3.63. The van der Waals surface area contributed by atoms with Gasteiger partial charge in [0.05, 0.1) is 5.92 Å². The van der Waals surface area contributed by atoms with Crippen LogP contribution in [0.25, 0.3) is 0 Å². The number of fused-ring (bicyclic) bond motifs is 1. The van der Waals surface area contributed by atoms with Gasteiger partial charge in [0.1, 0.15) is 0 Å². The van der Waals surface area contributed by atoms with Crippen molar-refractivity contribution in [3.05, 3.63) is 29.8 Å². The Morgan fingerprint density at radius 1 is 1.14 bits per heavy atom. The van der Waals surface area contributed by atoms with Gasteiger partial charge in [0.25, 0.3) is 0 Å². The molecule has 21 heavy (non-hydrogen) atoms. The number of anilines is 1. The molecule has 0 aromatic heterocycles. The quantitative estimate of drug-likeness (QED) is 0.909. The highest BCUT2D eigenvalue weighted by Crippen LogP contribution is 2.38. The number of carbonyl (C=O) groups is 2. The van der Waals surface area contributed by atoms with Crippen LogP contribution < -0.4 is 4.90 Å². The SMILES string of the molecule is CC1CCN(C(=O)[C@@H]2CC[C@H](C(=O)O)C2)c2ccccc21. The van der Waals surface area contributed by atoms with Crippen molar-refractivity contribution in [2.24, 2.45) is 11.8 Å². The smallest absolute Gasteiger partial charge is 0.306 e. The van der Waals surface area contributed by atoms with Gasteiger partial charge in [-0.15, -0.1) is 0 Å². The Morgan fingerprint density at radius 3 is 2.57 bits per heavy atom. The van der Waals surface area contributed by atoms with Crippen LogP contribution in [0.2, 0.25) is 0 Å². The van der Waals surface area contributed by atoms with Crippen LogP contribution >= 0.6 is 0 Å². The molecule has 4 nitrogen and oxygen atoms in total. The first-order valence-electron chi connectivity index (χ1n) is 7.71. The van der Waals surface area contributed by atoms with E-state index in [1.54, 1.807) is 0 Å². The molecule has 0 bridgehead atoms. The van der Waals surface area contributed by atoms with Crippen molar-refractivity contribution in [2.75, 3.05) is 11.4 Å². The fourth-order valence-electron chi connectivity index (χ4n) is 3.63. The van der Waals surface area contributed by atoms with E-state index in [2.05, 4.69) is 13.0 Å². The largest absolute Gasteiger partial charge is 0.481 e. The number of nitrogens with zero attached hydrogens (tertiary/aromatic N) is 1. The molecule has 1 unspecified atom stereocenters. The Morgan fingerprint density at radius 2 is 1.86 bits per heavy atom. The number of hydrogen-bond acceptors (Lipinski definition) is 2. The molecule has 1 aliphatic carbocycles. The second-order valence-electron chi connectivity index (χ2n) is 6.28. The summed E-state index contributed by atoms with van der Waals surface area (Å²) in [5.41, 5.74) is 2.24. The molecule has 3 rings (SSSR count). The molecule has 0 spiro atoms. The summed E-state index contributed by atoms with van der Waals surface area (Å²) < 4.78 is 0. The molecule has 1 fully saturated rings. The highest BCUT2D eigenvalue weighted by molar-refractivity contribution is 5.96. The van der Waals surface area contributed by atoms with Crippen molar-refractivity contribution in [3.63, 3.8) is 0 Å². The van der Waals surface area contributed by atoms with Gasteiger partial charge in [0.15, 0.2) is 0 Å². The molecule has 1 N–H and O–H groups in total. The fraction of sp³-hybridized carbons (Fsp3) is 0.529. The number of carbonyl (C=O) groups excluding carboxylic acids is 1. The van der Waals surface area contributed by atoms with Gasteiger partial charge in [-0.1, -0.05) is 25.1 Å². The Labute approximate surface area is 124 Å². The second kappa shape index (κ2) is 5.51. The summed E-state index contributed by atoms with van der Waals surface area (Å²) in [4.78, 5) is 25.7. The third kappa shape index (κ3) is 2.55. The standard InChI is InChI=1S/C17H21NO3/c1-11-8-9-18(15-5-3-2-4-14(11)15)16(19)12-6-7-13(10-12)17(20)21/h2-5,11-13H,6-10H2,1H3,(H,20,21)/t11?,12-,13+/m1/s1. The number of aliphatic carboxylic acids is 1. The monoisotopic (exact) mass is 287 g/mol. The Bertz CT molecular complexity index is 569. The van der Waals surface area contributed by atoms with Crippen molar-refractivity contribution in [1.82, 2.24) is 0 Å². The number of carboxylic acid groups (broad SMARTS) is 1. The number of amides is 1. The van der Waals surface area contributed by atoms with Gasteiger partial charge in [0, 0.05) is 18.2 Å². The maximum Gasteiger partial charge on any atom is 0.306 e. The van der Waals surface area contributed by atoms with Gasteiger partial charge < -0.3 is 10.0 Å². The molecule has 1 aliphatic heterocycles. The molecule has 2 aliphatic rings. The van der Waals surface area contributed by atoms with Gasteiger partial charge in [-0.05, 0) is 43.2 Å². The first kappa shape index (κ1) is 14.1. The van der Waals surface area contributed by atoms with Crippen molar-refractivity contribution < 1.29 is 14.7 Å². The third-order valence-corrected chi connectivity index (χ3v) is 4.94. The van der Waals surface area contributed by atoms with Crippen LogP contribution in [0, 0.1) is 11.8 Å². The van der Waals surface area contributed by atoms with Gasteiger partial charge in [-0.25, -0.2) is 0 Å². The van der Waals surface area contributed by atoms with Crippen LogP contribution in [0.1, 0.15) is 44.1 Å². The number of rotatable bonds is 2. The maximum absolute atomic E-state index is 12.8. The molecule has 112 valence electrons. The highest BCUT2D eigenvalue weighted by atomic mass is 16.4.